The lowest BCUT2D eigenvalue weighted by atomic mass is 9.74. The molecule has 3 aromatic rings. The van der Waals surface area contributed by atoms with E-state index in [1.807, 2.05) is 30.3 Å². The summed E-state index contributed by atoms with van der Waals surface area (Å²) in [5.41, 5.74) is 3.60. The summed E-state index contributed by atoms with van der Waals surface area (Å²) in [7, 11) is -0.212. The topological polar surface area (TPSA) is 82.5 Å². The Kier molecular flexibility index (Phi) is 10.8. The molecule has 2 heterocycles. The Morgan fingerprint density at radius 2 is 1.67 bits per heavy atom. The van der Waals surface area contributed by atoms with Crippen molar-refractivity contribution in [3.05, 3.63) is 97.4 Å². The molecule has 1 amide bonds. The first kappa shape index (κ1) is 34.8. The summed E-state index contributed by atoms with van der Waals surface area (Å²) in [5.74, 6) is -0.501. The Morgan fingerprint density at radius 3 is 2.30 bits per heavy atom. The molecule has 2 aliphatic rings. The number of oxime groups is 1. The number of anilines is 1. The van der Waals surface area contributed by atoms with E-state index in [0.29, 0.717) is 44.3 Å². The number of benzene rings is 3. The summed E-state index contributed by atoms with van der Waals surface area (Å²) < 4.78 is 26.8. The molecule has 46 heavy (non-hydrogen) atoms. The van der Waals surface area contributed by atoms with Crippen LogP contribution in [0.5, 0.6) is 0 Å². The summed E-state index contributed by atoms with van der Waals surface area (Å²) in [6.45, 7) is 3.01. The van der Waals surface area contributed by atoms with Gasteiger partial charge in [-0.25, -0.2) is 8.42 Å². The van der Waals surface area contributed by atoms with Gasteiger partial charge in [-0.1, -0.05) is 75.8 Å². The van der Waals surface area contributed by atoms with Gasteiger partial charge >= 0.3 is 0 Å². The number of rotatable bonds is 10. The van der Waals surface area contributed by atoms with Crippen LogP contribution in [-0.4, -0.2) is 83.0 Å². The van der Waals surface area contributed by atoms with E-state index >= 15 is 0 Å². The first-order chi connectivity index (χ1) is 21.8. The monoisotopic (exact) mass is 724 g/mol. The van der Waals surface area contributed by atoms with E-state index in [4.69, 9.17) is 51.2 Å². The maximum absolute atomic E-state index is 13.4. The number of sulfonamides is 1. The molecule has 0 N–H and O–H groups in total. The molecule has 0 aromatic heterocycles. The van der Waals surface area contributed by atoms with Crippen molar-refractivity contribution in [2.45, 2.75) is 30.6 Å². The predicted molar refractivity (Wildman–Crippen MR) is 188 cm³/mol. The fraction of sp³-hybridized carbons (Fsp3) is 0.394. The highest BCUT2D eigenvalue weighted by molar-refractivity contribution is 7.92. The molecule has 246 valence electrons. The van der Waals surface area contributed by atoms with Crippen LogP contribution in [0.15, 0.2) is 65.8 Å². The molecule has 2 aliphatic heterocycles. The summed E-state index contributed by atoms with van der Waals surface area (Å²) in [4.78, 5) is 22.6. The number of likely N-dealkylation sites (tertiary alicyclic amines) is 1. The van der Waals surface area contributed by atoms with Crippen LogP contribution in [0.4, 0.5) is 5.69 Å². The second kappa shape index (κ2) is 14.3. The number of nitrogens with zero attached hydrogens (tertiary/aromatic N) is 4. The molecule has 1 unspecified atom stereocenters. The van der Waals surface area contributed by atoms with Gasteiger partial charge < -0.3 is 14.6 Å². The number of hydrogen-bond acceptors (Lipinski definition) is 6. The third kappa shape index (κ3) is 7.61. The number of halogens is 4. The number of para-hydroxylation sites is 1. The molecule has 5 rings (SSSR count). The van der Waals surface area contributed by atoms with E-state index in [1.54, 1.807) is 40.5 Å². The van der Waals surface area contributed by atoms with Gasteiger partial charge in [-0.2, -0.15) is 0 Å². The number of carbonyl (C=O) groups excluding carboxylic acids is 1. The third-order valence-electron chi connectivity index (χ3n) is 8.95. The fourth-order valence-electron chi connectivity index (χ4n) is 6.61. The zero-order chi connectivity index (χ0) is 33.2. The van der Waals surface area contributed by atoms with Crippen molar-refractivity contribution < 1.29 is 18.0 Å². The normalized spacial score (nSPS) is 17.2. The van der Waals surface area contributed by atoms with Crippen molar-refractivity contribution >= 4 is 73.7 Å². The van der Waals surface area contributed by atoms with Crippen molar-refractivity contribution in [2.24, 2.45) is 5.16 Å². The summed E-state index contributed by atoms with van der Waals surface area (Å²) in [6, 6.07) is 18.1. The molecule has 1 saturated heterocycles. The van der Waals surface area contributed by atoms with Gasteiger partial charge in [-0.15, -0.1) is 0 Å². The van der Waals surface area contributed by atoms with Gasteiger partial charge in [0.1, 0.15) is 7.11 Å². The predicted octanol–water partition coefficient (Wildman–Crippen LogP) is 7.36. The van der Waals surface area contributed by atoms with Gasteiger partial charge in [0.2, 0.25) is 10.0 Å². The highest BCUT2D eigenvalue weighted by atomic mass is 35.5. The molecule has 0 radical (unpaired) electrons. The van der Waals surface area contributed by atoms with E-state index in [9.17, 15) is 13.2 Å². The first-order valence-electron chi connectivity index (χ1n) is 14.9. The van der Waals surface area contributed by atoms with Crippen LogP contribution in [0.2, 0.25) is 20.1 Å². The number of amides is 1. The minimum absolute atomic E-state index is 0.183. The fourth-order valence-corrected chi connectivity index (χ4v) is 8.44. The van der Waals surface area contributed by atoms with Crippen molar-refractivity contribution in [1.82, 2.24) is 9.80 Å². The van der Waals surface area contributed by atoms with Gasteiger partial charge in [0.05, 0.1) is 34.2 Å². The van der Waals surface area contributed by atoms with Crippen LogP contribution in [0.25, 0.3) is 0 Å². The average molecular weight is 727 g/mol. The van der Waals surface area contributed by atoms with E-state index in [-0.39, 0.29) is 23.8 Å². The molecule has 8 nitrogen and oxygen atoms in total. The molecular formula is C33H36Cl4N4O4S. The highest BCUT2D eigenvalue weighted by Crippen LogP contribution is 2.48. The molecular weight excluding hydrogens is 690 g/mol. The standard InChI is InChI=1S/C33H36Cl4N4O4S/c1-39(32(42)23-16-24(34)19-25(35)17-23)20-30(38-45-2)26(22-8-9-28(36)29(37)18-22)10-13-40-14-11-33(12-15-40)21-41(46(3,43)44)31-7-5-4-6-27(31)33/h4-9,16-19,26H,10-15,20-21H2,1-3H3/b38-30-. The van der Waals surface area contributed by atoms with Gasteiger partial charge in [0.25, 0.3) is 5.91 Å². The molecule has 1 fully saturated rings. The average Bonchev–Trinajstić information content (AvgIpc) is 3.33. The van der Waals surface area contributed by atoms with E-state index in [2.05, 4.69) is 16.1 Å². The Morgan fingerprint density at radius 1 is 1.00 bits per heavy atom. The number of hydrogen-bond donors (Lipinski definition) is 0. The summed E-state index contributed by atoms with van der Waals surface area (Å²) in [6.07, 6.45) is 3.62. The third-order valence-corrected chi connectivity index (χ3v) is 11.3. The van der Waals surface area contributed by atoms with Crippen LogP contribution in [0.3, 0.4) is 0 Å². The van der Waals surface area contributed by atoms with Crippen molar-refractivity contribution in [2.75, 3.05) is 57.4 Å². The molecule has 0 bridgehead atoms. The van der Waals surface area contributed by atoms with Gasteiger partial charge in [0.15, 0.2) is 0 Å². The lowest BCUT2D eigenvalue weighted by molar-refractivity contribution is 0.0812. The second-order valence-electron chi connectivity index (χ2n) is 12.0. The second-order valence-corrected chi connectivity index (χ2v) is 15.6. The Bertz CT molecular complexity index is 1720. The number of fused-ring (bicyclic) bond motifs is 2. The molecule has 13 heteroatoms. The van der Waals surface area contributed by atoms with E-state index in [0.717, 1.165) is 49.3 Å². The van der Waals surface area contributed by atoms with Crippen molar-refractivity contribution in [3.8, 4) is 0 Å². The van der Waals surface area contributed by atoms with E-state index < -0.39 is 10.0 Å². The Balaban J connectivity index is 1.34. The van der Waals surface area contributed by atoms with Gasteiger partial charge in [-0.3, -0.25) is 9.10 Å². The quantitative estimate of drug-likeness (QED) is 0.161. The zero-order valence-electron chi connectivity index (χ0n) is 25.8. The lowest BCUT2D eigenvalue weighted by Gasteiger charge is -2.40. The minimum Gasteiger partial charge on any atom is -0.399 e. The number of piperidine rings is 1. The maximum atomic E-state index is 13.4. The van der Waals surface area contributed by atoms with Crippen LogP contribution < -0.4 is 4.31 Å². The summed E-state index contributed by atoms with van der Waals surface area (Å²) >= 11 is 25.1. The molecule has 0 aliphatic carbocycles. The molecule has 1 spiro atoms. The first-order valence-corrected chi connectivity index (χ1v) is 18.2. The molecule has 1 atom stereocenters. The largest absolute Gasteiger partial charge is 0.399 e. The lowest BCUT2D eigenvalue weighted by Crippen LogP contribution is -2.46. The van der Waals surface area contributed by atoms with Crippen molar-refractivity contribution in [3.63, 3.8) is 0 Å². The highest BCUT2D eigenvalue weighted by Gasteiger charge is 2.46. The molecule has 3 aromatic carbocycles. The SMILES string of the molecule is CO/N=C(/CN(C)C(=O)c1cc(Cl)cc(Cl)c1)C(CCN1CCC2(CC1)CN(S(C)(=O)=O)c1ccccc12)c1ccc(Cl)c(Cl)c1. The van der Waals surface area contributed by atoms with Crippen LogP contribution >= 0.6 is 46.4 Å². The Hall–Kier alpha value is -2.53. The maximum Gasteiger partial charge on any atom is 0.254 e. The van der Waals surface area contributed by atoms with Crippen molar-refractivity contribution in [1.29, 1.82) is 0 Å². The number of carbonyl (C=O) groups is 1. The van der Waals surface area contributed by atoms with Gasteiger partial charge in [0, 0.05) is 40.5 Å². The van der Waals surface area contributed by atoms with Gasteiger partial charge in [-0.05, 0) is 86.4 Å². The molecule has 0 saturated carbocycles. The van der Waals surface area contributed by atoms with Crippen LogP contribution in [0, 0.1) is 0 Å². The van der Waals surface area contributed by atoms with Crippen LogP contribution in [-0.2, 0) is 20.3 Å². The smallest absolute Gasteiger partial charge is 0.254 e. The zero-order valence-corrected chi connectivity index (χ0v) is 29.7. The summed E-state index contributed by atoms with van der Waals surface area (Å²) in [5, 5.41) is 6.01. The minimum atomic E-state index is -3.38. The van der Waals surface area contributed by atoms with E-state index in [1.165, 1.54) is 13.4 Å². The van der Waals surface area contributed by atoms with Crippen LogP contribution in [0.1, 0.15) is 46.7 Å². The Labute approximate surface area is 290 Å².